The molecule has 3 nitrogen and oxygen atoms in total. The summed E-state index contributed by atoms with van der Waals surface area (Å²) in [6, 6.07) is 12.5. The van der Waals surface area contributed by atoms with E-state index in [1.165, 1.54) is 22.8 Å². The second kappa shape index (κ2) is 8.92. The van der Waals surface area contributed by atoms with Crippen LogP contribution >= 0.6 is 23.2 Å². The summed E-state index contributed by atoms with van der Waals surface area (Å²) in [5, 5.41) is 4.56. The number of ether oxygens (including phenoxy) is 1. The van der Waals surface area contributed by atoms with Crippen LogP contribution in [0.15, 0.2) is 42.5 Å². The fraction of sp³-hybridized carbons (Fsp3) is 0.318. The predicted molar refractivity (Wildman–Crippen MR) is 111 cm³/mol. The Labute approximate surface area is 170 Å². The lowest BCUT2D eigenvalue weighted by atomic mass is 9.76. The highest BCUT2D eigenvalue weighted by molar-refractivity contribution is 6.42. The Morgan fingerprint density at radius 3 is 2.67 bits per heavy atom. The first-order valence-corrected chi connectivity index (χ1v) is 9.90. The second-order valence-electron chi connectivity index (χ2n) is 6.62. The van der Waals surface area contributed by atoms with Gasteiger partial charge in [0.25, 0.3) is 0 Å². The van der Waals surface area contributed by atoms with Gasteiger partial charge in [0.05, 0.1) is 16.7 Å². The van der Waals surface area contributed by atoms with Gasteiger partial charge in [0.15, 0.2) is 0 Å². The zero-order valence-corrected chi connectivity index (χ0v) is 17.0. The fourth-order valence-electron chi connectivity index (χ4n) is 3.69. The van der Waals surface area contributed by atoms with Gasteiger partial charge in [-0.25, -0.2) is 4.79 Å². The number of rotatable bonds is 5. The molecule has 2 unspecified atom stereocenters. The quantitative estimate of drug-likeness (QED) is 0.509. The Bertz CT molecular complexity index is 863. The molecule has 0 aromatic heterocycles. The summed E-state index contributed by atoms with van der Waals surface area (Å²) in [7, 11) is 1.98. The molecule has 0 heterocycles. The number of hydrogen-bond donors (Lipinski definition) is 1. The van der Waals surface area contributed by atoms with Crippen molar-refractivity contribution in [3.8, 4) is 0 Å². The number of halogens is 2. The van der Waals surface area contributed by atoms with Gasteiger partial charge in [0.1, 0.15) is 0 Å². The average molecular weight is 404 g/mol. The lowest BCUT2D eigenvalue weighted by molar-refractivity contribution is -0.137. The molecular weight excluding hydrogens is 381 g/mol. The van der Waals surface area contributed by atoms with Gasteiger partial charge in [-0.05, 0) is 73.3 Å². The van der Waals surface area contributed by atoms with Gasteiger partial charge in [-0.3, -0.25) is 0 Å². The number of fused-ring (bicyclic) bond motifs is 1. The molecule has 1 N–H and O–H groups in total. The van der Waals surface area contributed by atoms with E-state index >= 15 is 0 Å². The first-order valence-electron chi connectivity index (χ1n) is 9.14. The monoisotopic (exact) mass is 403 g/mol. The van der Waals surface area contributed by atoms with Crippen molar-refractivity contribution >= 4 is 35.2 Å². The summed E-state index contributed by atoms with van der Waals surface area (Å²) in [5.74, 6) is -0.0449. The molecule has 0 radical (unpaired) electrons. The van der Waals surface area contributed by atoms with Crippen molar-refractivity contribution in [2.24, 2.45) is 0 Å². The second-order valence-corrected chi connectivity index (χ2v) is 7.43. The topological polar surface area (TPSA) is 38.3 Å². The van der Waals surface area contributed by atoms with Crippen molar-refractivity contribution in [1.82, 2.24) is 5.32 Å². The van der Waals surface area contributed by atoms with E-state index in [9.17, 15) is 4.79 Å². The number of benzene rings is 2. The molecule has 0 saturated carbocycles. The van der Waals surface area contributed by atoms with Gasteiger partial charge in [0.2, 0.25) is 0 Å². The first-order chi connectivity index (χ1) is 13.0. The van der Waals surface area contributed by atoms with Gasteiger partial charge in [-0.15, -0.1) is 0 Å². The van der Waals surface area contributed by atoms with Crippen LogP contribution in [0.2, 0.25) is 10.0 Å². The molecule has 0 fully saturated rings. The van der Waals surface area contributed by atoms with Crippen LogP contribution in [-0.2, 0) is 9.53 Å². The molecule has 2 atom stereocenters. The summed E-state index contributed by atoms with van der Waals surface area (Å²) in [4.78, 5) is 11.6. The van der Waals surface area contributed by atoms with Crippen molar-refractivity contribution < 1.29 is 9.53 Å². The molecule has 1 aliphatic carbocycles. The summed E-state index contributed by atoms with van der Waals surface area (Å²) >= 11 is 12.3. The molecule has 1 aliphatic rings. The maximum atomic E-state index is 11.6. The summed E-state index contributed by atoms with van der Waals surface area (Å²) in [6.45, 7) is 2.17. The lowest BCUT2D eigenvalue weighted by Gasteiger charge is -2.32. The van der Waals surface area contributed by atoms with E-state index in [-0.39, 0.29) is 17.9 Å². The fourth-order valence-corrected chi connectivity index (χ4v) is 4.00. The summed E-state index contributed by atoms with van der Waals surface area (Å²) in [5.41, 5.74) is 4.70. The minimum atomic E-state index is -0.325. The average Bonchev–Trinajstić information content (AvgIpc) is 2.67. The highest BCUT2D eigenvalue weighted by atomic mass is 35.5. The minimum Gasteiger partial charge on any atom is -0.463 e. The van der Waals surface area contributed by atoms with Gasteiger partial charge in [-0.2, -0.15) is 0 Å². The number of nitrogens with one attached hydrogen (secondary N) is 1. The molecule has 0 amide bonds. The molecular formula is C22H23Cl2NO2. The lowest BCUT2D eigenvalue weighted by Crippen LogP contribution is -2.24. The first kappa shape index (κ1) is 19.9. The van der Waals surface area contributed by atoms with Crippen LogP contribution < -0.4 is 5.32 Å². The van der Waals surface area contributed by atoms with E-state index in [1.54, 1.807) is 13.0 Å². The van der Waals surface area contributed by atoms with Crippen LogP contribution in [0.4, 0.5) is 0 Å². The van der Waals surface area contributed by atoms with Crippen molar-refractivity contribution in [1.29, 1.82) is 0 Å². The van der Waals surface area contributed by atoms with E-state index in [0.717, 1.165) is 18.4 Å². The standard InChI is InChI=1S/C22H23Cl2NO2/c1-3-27-22(26)11-5-14-4-7-17-16(8-10-21(25-2)18(17)12-14)15-6-9-19(23)20(24)13-15/h4-7,9,11-13,16,21,25H,3,8,10H2,1-2H3. The van der Waals surface area contributed by atoms with Gasteiger partial charge < -0.3 is 10.1 Å². The minimum absolute atomic E-state index is 0.280. The van der Waals surface area contributed by atoms with Gasteiger partial charge in [-0.1, -0.05) is 41.4 Å². The van der Waals surface area contributed by atoms with E-state index in [0.29, 0.717) is 16.7 Å². The molecule has 5 heteroatoms. The third-order valence-corrected chi connectivity index (χ3v) is 5.74. The van der Waals surface area contributed by atoms with Crippen LogP contribution in [0.3, 0.4) is 0 Å². The van der Waals surface area contributed by atoms with Crippen LogP contribution in [0.5, 0.6) is 0 Å². The number of carbonyl (C=O) groups excluding carboxylic acids is 1. The molecule has 3 rings (SSSR count). The smallest absolute Gasteiger partial charge is 0.330 e. The van der Waals surface area contributed by atoms with Crippen LogP contribution in [-0.4, -0.2) is 19.6 Å². The maximum absolute atomic E-state index is 11.6. The van der Waals surface area contributed by atoms with Gasteiger partial charge >= 0.3 is 5.97 Å². The van der Waals surface area contributed by atoms with Crippen molar-refractivity contribution in [2.75, 3.05) is 13.7 Å². The molecule has 0 saturated heterocycles. The van der Waals surface area contributed by atoms with Crippen LogP contribution in [0, 0.1) is 0 Å². The Morgan fingerprint density at radius 1 is 1.15 bits per heavy atom. The van der Waals surface area contributed by atoms with E-state index in [4.69, 9.17) is 27.9 Å². The molecule has 2 aromatic rings. The van der Waals surface area contributed by atoms with E-state index < -0.39 is 0 Å². The molecule has 142 valence electrons. The Balaban J connectivity index is 1.95. The number of hydrogen-bond acceptors (Lipinski definition) is 3. The molecule has 0 bridgehead atoms. The van der Waals surface area contributed by atoms with Crippen molar-refractivity contribution in [3.63, 3.8) is 0 Å². The van der Waals surface area contributed by atoms with E-state index in [2.05, 4.69) is 23.5 Å². The summed E-state index contributed by atoms with van der Waals surface area (Å²) in [6.07, 6.45) is 5.33. The number of esters is 1. The van der Waals surface area contributed by atoms with Gasteiger partial charge in [0, 0.05) is 18.0 Å². The third kappa shape index (κ3) is 4.55. The molecule has 0 spiro atoms. The largest absolute Gasteiger partial charge is 0.463 e. The van der Waals surface area contributed by atoms with Crippen molar-refractivity contribution in [3.05, 3.63) is 74.8 Å². The zero-order chi connectivity index (χ0) is 19.4. The highest BCUT2D eigenvalue weighted by Gasteiger charge is 2.27. The Kier molecular flexibility index (Phi) is 6.59. The zero-order valence-electron chi connectivity index (χ0n) is 15.5. The molecule has 2 aromatic carbocycles. The summed E-state index contributed by atoms with van der Waals surface area (Å²) < 4.78 is 4.95. The third-order valence-electron chi connectivity index (χ3n) is 5.00. The number of carbonyl (C=O) groups is 1. The van der Waals surface area contributed by atoms with E-state index in [1.807, 2.05) is 25.2 Å². The van der Waals surface area contributed by atoms with Crippen LogP contribution in [0.1, 0.15) is 54.0 Å². The van der Waals surface area contributed by atoms with Crippen LogP contribution in [0.25, 0.3) is 6.08 Å². The molecule has 0 aliphatic heterocycles. The predicted octanol–water partition coefficient (Wildman–Crippen LogP) is 5.76. The highest BCUT2D eigenvalue weighted by Crippen LogP contribution is 2.42. The Hall–Kier alpha value is -1.81. The Morgan fingerprint density at radius 2 is 1.96 bits per heavy atom. The molecule has 27 heavy (non-hydrogen) atoms. The maximum Gasteiger partial charge on any atom is 0.330 e. The SMILES string of the molecule is CCOC(=O)C=Cc1ccc2c(c1)C(NC)CCC2c1ccc(Cl)c(Cl)c1. The van der Waals surface area contributed by atoms with Crippen molar-refractivity contribution in [2.45, 2.75) is 31.7 Å². The normalized spacial score (nSPS) is 19.1.